The van der Waals surface area contributed by atoms with Crippen LogP contribution in [0, 0.1) is 5.92 Å². The minimum atomic E-state index is 0.140. The number of hydrogen-bond acceptors (Lipinski definition) is 3. The van der Waals surface area contributed by atoms with Crippen LogP contribution in [-0.4, -0.2) is 15.8 Å². The Morgan fingerprint density at radius 1 is 1.50 bits per heavy atom. The highest BCUT2D eigenvalue weighted by Gasteiger charge is 2.37. The van der Waals surface area contributed by atoms with E-state index in [4.69, 9.17) is 0 Å². The van der Waals surface area contributed by atoms with Crippen molar-refractivity contribution in [1.29, 1.82) is 0 Å². The number of carbonyl (C=O) groups excluding carboxylic acids is 1. The Kier molecular flexibility index (Phi) is 1.64. The molecule has 2 atom stereocenters. The summed E-state index contributed by atoms with van der Waals surface area (Å²) in [5, 5.41) is 0. The Balaban J connectivity index is 2.18. The molecule has 1 heterocycles. The van der Waals surface area contributed by atoms with Crippen molar-refractivity contribution in [3.8, 4) is 0 Å². The quantitative estimate of drug-likeness (QED) is 0.622. The summed E-state index contributed by atoms with van der Waals surface area (Å²) in [5.41, 5.74) is 0.949. The number of carbonyl (C=O) groups is 1. The van der Waals surface area contributed by atoms with Crippen molar-refractivity contribution < 1.29 is 4.79 Å². The summed E-state index contributed by atoms with van der Waals surface area (Å²) in [7, 11) is 0. The maximum absolute atomic E-state index is 11.0. The standard InChI is InChI=1S/C9H10N2O/c1-6-7(4-9(6)12)8-5-10-2-3-11-8/h2-3,5-7H,4H2,1H3. The van der Waals surface area contributed by atoms with Gasteiger partial charge in [-0.15, -0.1) is 0 Å². The van der Waals surface area contributed by atoms with E-state index in [0.29, 0.717) is 18.1 Å². The van der Waals surface area contributed by atoms with Crippen molar-refractivity contribution in [3.05, 3.63) is 24.3 Å². The molecule has 62 valence electrons. The summed E-state index contributed by atoms with van der Waals surface area (Å²) < 4.78 is 0. The summed E-state index contributed by atoms with van der Waals surface area (Å²) in [6.07, 6.45) is 5.70. The molecule has 0 bridgehead atoms. The minimum absolute atomic E-state index is 0.140. The fraction of sp³-hybridized carbons (Fsp3) is 0.444. The number of rotatable bonds is 1. The van der Waals surface area contributed by atoms with Gasteiger partial charge in [0.1, 0.15) is 5.78 Å². The van der Waals surface area contributed by atoms with Crippen molar-refractivity contribution in [2.45, 2.75) is 19.3 Å². The highest BCUT2D eigenvalue weighted by molar-refractivity contribution is 5.88. The topological polar surface area (TPSA) is 42.9 Å². The van der Waals surface area contributed by atoms with Gasteiger partial charge in [-0.3, -0.25) is 14.8 Å². The predicted molar refractivity (Wildman–Crippen MR) is 43.6 cm³/mol. The summed E-state index contributed by atoms with van der Waals surface area (Å²) in [4.78, 5) is 19.1. The highest BCUT2D eigenvalue weighted by Crippen LogP contribution is 2.37. The van der Waals surface area contributed by atoms with E-state index < -0.39 is 0 Å². The maximum Gasteiger partial charge on any atom is 0.137 e. The molecule has 1 aliphatic rings. The Morgan fingerprint density at radius 3 is 2.83 bits per heavy atom. The van der Waals surface area contributed by atoms with Crippen molar-refractivity contribution in [2.24, 2.45) is 5.92 Å². The van der Waals surface area contributed by atoms with Gasteiger partial charge in [-0.25, -0.2) is 0 Å². The molecule has 0 aliphatic heterocycles. The molecule has 0 amide bonds. The molecule has 1 aliphatic carbocycles. The fourth-order valence-corrected chi connectivity index (χ4v) is 1.51. The van der Waals surface area contributed by atoms with Gasteiger partial charge in [0, 0.05) is 36.8 Å². The van der Waals surface area contributed by atoms with Gasteiger partial charge in [-0.2, -0.15) is 0 Å². The van der Waals surface area contributed by atoms with Gasteiger partial charge < -0.3 is 0 Å². The largest absolute Gasteiger partial charge is 0.299 e. The summed E-state index contributed by atoms with van der Waals surface area (Å²) in [6, 6.07) is 0. The summed E-state index contributed by atoms with van der Waals surface area (Å²) in [6.45, 7) is 1.95. The van der Waals surface area contributed by atoms with E-state index in [1.807, 2.05) is 6.92 Å². The highest BCUT2D eigenvalue weighted by atomic mass is 16.1. The van der Waals surface area contributed by atoms with Crippen LogP contribution in [-0.2, 0) is 4.79 Å². The van der Waals surface area contributed by atoms with E-state index in [1.54, 1.807) is 18.6 Å². The van der Waals surface area contributed by atoms with E-state index in [9.17, 15) is 4.79 Å². The lowest BCUT2D eigenvalue weighted by molar-refractivity contribution is -0.130. The molecule has 12 heavy (non-hydrogen) atoms. The second-order valence-electron chi connectivity index (χ2n) is 3.20. The first-order valence-electron chi connectivity index (χ1n) is 4.07. The van der Waals surface area contributed by atoms with Gasteiger partial charge in [0.05, 0.1) is 5.69 Å². The average molecular weight is 162 g/mol. The van der Waals surface area contributed by atoms with Crippen LogP contribution >= 0.6 is 0 Å². The van der Waals surface area contributed by atoms with Gasteiger partial charge in [0.2, 0.25) is 0 Å². The molecule has 1 saturated carbocycles. The lowest BCUT2D eigenvalue weighted by Crippen LogP contribution is -2.33. The first kappa shape index (κ1) is 7.40. The number of nitrogens with zero attached hydrogens (tertiary/aromatic N) is 2. The molecular weight excluding hydrogens is 152 g/mol. The van der Waals surface area contributed by atoms with Crippen LogP contribution in [0.3, 0.4) is 0 Å². The Labute approximate surface area is 70.9 Å². The van der Waals surface area contributed by atoms with E-state index in [2.05, 4.69) is 9.97 Å². The average Bonchev–Trinajstić information content (AvgIpc) is 2.15. The van der Waals surface area contributed by atoms with Crippen LogP contribution in [0.25, 0.3) is 0 Å². The third kappa shape index (κ3) is 1.02. The number of Topliss-reactive ketones (excluding diaryl/α,β-unsaturated/α-hetero) is 1. The summed E-state index contributed by atoms with van der Waals surface area (Å²) in [5.74, 6) is 0.790. The minimum Gasteiger partial charge on any atom is -0.299 e. The first-order valence-corrected chi connectivity index (χ1v) is 4.07. The molecule has 1 aromatic rings. The molecule has 3 nitrogen and oxygen atoms in total. The van der Waals surface area contributed by atoms with E-state index >= 15 is 0 Å². The van der Waals surface area contributed by atoms with Crippen molar-refractivity contribution >= 4 is 5.78 Å². The zero-order valence-electron chi connectivity index (χ0n) is 6.90. The van der Waals surface area contributed by atoms with Crippen molar-refractivity contribution in [3.63, 3.8) is 0 Å². The van der Waals surface area contributed by atoms with Crippen LogP contribution in [0.15, 0.2) is 18.6 Å². The number of ketones is 1. The monoisotopic (exact) mass is 162 g/mol. The van der Waals surface area contributed by atoms with E-state index in [1.165, 1.54) is 0 Å². The molecular formula is C9H10N2O. The van der Waals surface area contributed by atoms with Gasteiger partial charge in [0.25, 0.3) is 0 Å². The zero-order valence-corrected chi connectivity index (χ0v) is 6.90. The Hall–Kier alpha value is -1.25. The lowest BCUT2D eigenvalue weighted by atomic mass is 9.72. The second kappa shape index (κ2) is 2.66. The third-order valence-corrected chi connectivity index (χ3v) is 2.50. The zero-order chi connectivity index (χ0) is 8.55. The molecule has 0 radical (unpaired) electrons. The molecule has 0 N–H and O–H groups in total. The first-order chi connectivity index (χ1) is 5.79. The van der Waals surface area contributed by atoms with Crippen molar-refractivity contribution in [1.82, 2.24) is 9.97 Å². The Morgan fingerprint density at radius 2 is 2.33 bits per heavy atom. The van der Waals surface area contributed by atoms with Gasteiger partial charge in [0.15, 0.2) is 0 Å². The third-order valence-electron chi connectivity index (χ3n) is 2.50. The van der Waals surface area contributed by atoms with Crippen LogP contribution in [0.5, 0.6) is 0 Å². The maximum atomic E-state index is 11.0. The molecule has 1 aromatic heterocycles. The normalized spacial score (nSPS) is 28.2. The van der Waals surface area contributed by atoms with Gasteiger partial charge >= 0.3 is 0 Å². The Bertz CT molecular complexity index is 297. The molecule has 0 saturated heterocycles. The van der Waals surface area contributed by atoms with Crippen LogP contribution < -0.4 is 0 Å². The molecule has 0 aromatic carbocycles. The molecule has 0 spiro atoms. The van der Waals surface area contributed by atoms with E-state index in [0.717, 1.165) is 5.69 Å². The van der Waals surface area contributed by atoms with Gasteiger partial charge in [-0.1, -0.05) is 6.92 Å². The van der Waals surface area contributed by atoms with Crippen LogP contribution in [0.1, 0.15) is 25.0 Å². The summed E-state index contributed by atoms with van der Waals surface area (Å²) >= 11 is 0. The van der Waals surface area contributed by atoms with Crippen LogP contribution in [0.4, 0.5) is 0 Å². The second-order valence-corrected chi connectivity index (χ2v) is 3.20. The molecule has 2 rings (SSSR count). The lowest BCUT2D eigenvalue weighted by Gasteiger charge is -2.31. The number of aromatic nitrogens is 2. The van der Waals surface area contributed by atoms with Crippen LogP contribution in [0.2, 0.25) is 0 Å². The van der Waals surface area contributed by atoms with E-state index in [-0.39, 0.29) is 5.92 Å². The van der Waals surface area contributed by atoms with Crippen molar-refractivity contribution in [2.75, 3.05) is 0 Å². The molecule has 1 fully saturated rings. The fourth-order valence-electron chi connectivity index (χ4n) is 1.51. The SMILES string of the molecule is CC1C(=O)CC1c1cnccn1. The molecule has 3 heteroatoms. The molecule has 2 unspecified atom stereocenters. The predicted octanol–water partition coefficient (Wildman–Crippen LogP) is 1.17. The smallest absolute Gasteiger partial charge is 0.137 e. The number of hydrogen-bond donors (Lipinski definition) is 0. The van der Waals surface area contributed by atoms with Gasteiger partial charge in [-0.05, 0) is 0 Å².